The number of nitro benzene ring substituents is 1. The van der Waals surface area contributed by atoms with Gasteiger partial charge in [-0.2, -0.15) is 0 Å². The number of non-ortho nitro benzene ring substituents is 1. The average molecular weight is 342 g/mol. The molecule has 0 radical (unpaired) electrons. The largest absolute Gasteiger partial charge is 0.338 e. The number of carbonyl (C=O) groups is 1. The molecular weight excluding hydrogens is 328 g/mol. The molecule has 0 saturated heterocycles. The van der Waals surface area contributed by atoms with E-state index in [9.17, 15) is 14.9 Å². The zero-order valence-corrected chi connectivity index (χ0v) is 13.5. The molecule has 1 saturated carbocycles. The topological polar surface area (TPSA) is 90.1 Å². The molecule has 0 bridgehead atoms. The summed E-state index contributed by atoms with van der Waals surface area (Å²) in [5.41, 5.74) is 1.89. The van der Waals surface area contributed by atoms with Gasteiger partial charge >= 0.3 is 0 Å². The Morgan fingerprint density at radius 2 is 2.25 bits per heavy atom. The van der Waals surface area contributed by atoms with E-state index in [1.54, 1.807) is 22.9 Å². The Balaban J connectivity index is 1.48. The summed E-state index contributed by atoms with van der Waals surface area (Å²) in [5.74, 6) is 0.402. The van der Waals surface area contributed by atoms with Crippen molar-refractivity contribution in [2.75, 3.05) is 5.32 Å². The van der Waals surface area contributed by atoms with Crippen LogP contribution in [0.4, 0.5) is 10.8 Å². The number of anilines is 1. The fourth-order valence-corrected chi connectivity index (χ4v) is 3.47. The van der Waals surface area contributed by atoms with Gasteiger partial charge < -0.3 is 9.88 Å². The predicted octanol–water partition coefficient (Wildman–Crippen LogP) is 3.52. The maximum atomic E-state index is 12.2. The van der Waals surface area contributed by atoms with E-state index in [2.05, 4.69) is 10.3 Å². The SMILES string of the molecule is O=C(Cn1ccc2cc([N+](=O)[O-])ccc21)Nc1nc(C2CC2)cs1. The van der Waals surface area contributed by atoms with E-state index in [1.165, 1.54) is 36.3 Å². The third-order valence-electron chi connectivity index (χ3n) is 4.04. The summed E-state index contributed by atoms with van der Waals surface area (Å²) in [5, 5.41) is 17.0. The number of hydrogen-bond donors (Lipinski definition) is 1. The van der Waals surface area contributed by atoms with Gasteiger partial charge in [0.25, 0.3) is 5.69 Å². The second kappa shape index (κ2) is 5.72. The monoisotopic (exact) mass is 342 g/mol. The van der Waals surface area contributed by atoms with Crippen molar-refractivity contribution in [1.29, 1.82) is 0 Å². The van der Waals surface area contributed by atoms with Crippen LogP contribution >= 0.6 is 11.3 Å². The fourth-order valence-electron chi connectivity index (χ4n) is 2.66. The highest BCUT2D eigenvalue weighted by Gasteiger charge is 2.26. The van der Waals surface area contributed by atoms with Gasteiger partial charge in [-0.05, 0) is 25.0 Å². The molecule has 2 heterocycles. The smallest absolute Gasteiger partial charge is 0.270 e. The van der Waals surface area contributed by atoms with Crippen molar-refractivity contribution in [3.05, 3.63) is 51.7 Å². The van der Waals surface area contributed by atoms with Crippen LogP contribution in [-0.2, 0) is 11.3 Å². The van der Waals surface area contributed by atoms with Crippen LogP contribution in [0.1, 0.15) is 24.5 Å². The molecule has 8 heteroatoms. The number of aromatic nitrogens is 2. The molecule has 4 rings (SSSR count). The molecule has 0 unspecified atom stereocenters. The number of nitrogens with zero attached hydrogens (tertiary/aromatic N) is 3. The molecule has 1 N–H and O–H groups in total. The third-order valence-corrected chi connectivity index (χ3v) is 4.82. The Labute approximate surface area is 141 Å². The number of thiazole rings is 1. The van der Waals surface area contributed by atoms with Crippen molar-refractivity contribution < 1.29 is 9.72 Å². The zero-order chi connectivity index (χ0) is 16.7. The van der Waals surface area contributed by atoms with Crippen LogP contribution < -0.4 is 5.32 Å². The summed E-state index contributed by atoms with van der Waals surface area (Å²) in [6, 6.07) is 6.38. The number of benzene rings is 1. The molecule has 1 fully saturated rings. The minimum atomic E-state index is -0.427. The van der Waals surface area contributed by atoms with Gasteiger partial charge in [0.05, 0.1) is 10.6 Å². The Morgan fingerprint density at radius 1 is 1.42 bits per heavy atom. The highest BCUT2D eigenvalue weighted by Crippen LogP contribution is 2.40. The molecule has 1 aromatic carbocycles. The second-order valence-corrected chi connectivity index (χ2v) is 6.70. The third kappa shape index (κ3) is 2.88. The highest BCUT2D eigenvalue weighted by molar-refractivity contribution is 7.13. The van der Waals surface area contributed by atoms with E-state index in [0.29, 0.717) is 11.0 Å². The number of nitro groups is 1. The highest BCUT2D eigenvalue weighted by atomic mass is 32.1. The molecule has 0 atom stereocenters. The molecule has 0 aliphatic heterocycles. The molecule has 3 aromatic rings. The Bertz CT molecular complexity index is 942. The number of amides is 1. The molecule has 1 aliphatic rings. The van der Waals surface area contributed by atoms with Crippen LogP contribution in [0.15, 0.2) is 35.8 Å². The van der Waals surface area contributed by atoms with Gasteiger partial charge in [-0.15, -0.1) is 11.3 Å². The van der Waals surface area contributed by atoms with Crippen LogP contribution in [0, 0.1) is 10.1 Å². The first-order valence-electron chi connectivity index (χ1n) is 7.59. The Kier molecular flexibility index (Phi) is 3.53. The van der Waals surface area contributed by atoms with E-state index in [-0.39, 0.29) is 18.1 Å². The van der Waals surface area contributed by atoms with Crippen LogP contribution in [0.3, 0.4) is 0 Å². The van der Waals surface area contributed by atoms with E-state index in [4.69, 9.17) is 0 Å². The van der Waals surface area contributed by atoms with Crippen LogP contribution in [0.5, 0.6) is 0 Å². The lowest BCUT2D eigenvalue weighted by atomic mass is 10.2. The summed E-state index contributed by atoms with van der Waals surface area (Å²) < 4.78 is 1.77. The molecule has 0 spiro atoms. The number of hydrogen-bond acceptors (Lipinski definition) is 5. The molecular formula is C16H14N4O3S. The Hall–Kier alpha value is -2.74. The first-order valence-corrected chi connectivity index (χ1v) is 8.47. The van der Waals surface area contributed by atoms with Crippen LogP contribution in [-0.4, -0.2) is 20.4 Å². The van der Waals surface area contributed by atoms with E-state index in [0.717, 1.165) is 16.6 Å². The van der Waals surface area contributed by atoms with Crippen LogP contribution in [0.25, 0.3) is 10.9 Å². The first kappa shape index (κ1) is 14.8. The summed E-state index contributed by atoms with van der Waals surface area (Å²) >= 11 is 1.44. The molecule has 7 nitrogen and oxygen atoms in total. The molecule has 2 aromatic heterocycles. The summed E-state index contributed by atoms with van der Waals surface area (Å²) in [6.45, 7) is 0.139. The van der Waals surface area contributed by atoms with Gasteiger partial charge in [0, 0.05) is 40.5 Å². The van der Waals surface area contributed by atoms with Crippen molar-refractivity contribution in [2.24, 2.45) is 0 Å². The number of fused-ring (bicyclic) bond motifs is 1. The average Bonchev–Trinajstić information content (AvgIpc) is 3.19. The Morgan fingerprint density at radius 3 is 3.00 bits per heavy atom. The summed E-state index contributed by atoms with van der Waals surface area (Å²) in [7, 11) is 0. The maximum absolute atomic E-state index is 12.2. The van der Waals surface area contributed by atoms with E-state index < -0.39 is 4.92 Å². The summed E-state index contributed by atoms with van der Waals surface area (Å²) in [6.07, 6.45) is 4.11. The minimum Gasteiger partial charge on any atom is -0.338 e. The van der Waals surface area contributed by atoms with Gasteiger partial charge in [-0.3, -0.25) is 14.9 Å². The van der Waals surface area contributed by atoms with Gasteiger partial charge in [0.2, 0.25) is 5.91 Å². The number of nitrogens with one attached hydrogen (secondary N) is 1. The number of rotatable bonds is 5. The quantitative estimate of drug-likeness (QED) is 0.567. The molecule has 122 valence electrons. The van der Waals surface area contributed by atoms with Gasteiger partial charge in [-0.25, -0.2) is 4.98 Å². The van der Waals surface area contributed by atoms with Crippen molar-refractivity contribution in [3.63, 3.8) is 0 Å². The van der Waals surface area contributed by atoms with Gasteiger partial charge in [0.15, 0.2) is 5.13 Å². The lowest BCUT2D eigenvalue weighted by molar-refractivity contribution is -0.384. The van der Waals surface area contributed by atoms with Crippen molar-refractivity contribution in [3.8, 4) is 0 Å². The first-order chi connectivity index (χ1) is 11.6. The lowest BCUT2D eigenvalue weighted by Crippen LogP contribution is -2.18. The molecule has 1 aliphatic carbocycles. The predicted molar refractivity (Wildman–Crippen MR) is 91.3 cm³/mol. The number of carbonyl (C=O) groups excluding carboxylic acids is 1. The lowest BCUT2D eigenvalue weighted by Gasteiger charge is -2.05. The van der Waals surface area contributed by atoms with Crippen molar-refractivity contribution >= 4 is 39.0 Å². The van der Waals surface area contributed by atoms with Crippen molar-refractivity contribution in [2.45, 2.75) is 25.3 Å². The standard InChI is InChI=1S/C16H14N4O3S/c21-15(18-16-17-13(9-24-16)10-1-2-10)8-19-6-5-11-7-12(20(22)23)3-4-14(11)19/h3-7,9-10H,1-2,8H2,(H,17,18,21). The summed E-state index contributed by atoms with van der Waals surface area (Å²) in [4.78, 5) is 27.0. The van der Waals surface area contributed by atoms with E-state index in [1.807, 2.05) is 5.38 Å². The molecule has 1 amide bonds. The maximum Gasteiger partial charge on any atom is 0.270 e. The van der Waals surface area contributed by atoms with Gasteiger partial charge in [-0.1, -0.05) is 0 Å². The molecule has 24 heavy (non-hydrogen) atoms. The fraction of sp³-hybridized carbons (Fsp3) is 0.250. The van der Waals surface area contributed by atoms with Crippen LogP contribution in [0.2, 0.25) is 0 Å². The van der Waals surface area contributed by atoms with Gasteiger partial charge in [0.1, 0.15) is 6.54 Å². The van der Waals surface area contributed by atoms with Crippen molar-refractivity contribution in [1.82, 2.24) is 9.55 Å². The normalized spacial score (nSPS) is 14.0. The minimum absolute atomic E-state index is 0.0418. The zero-order valence-electron chi connectivity index (χ0n) is 12.6. The second-order valence-electron chi connectivity index (χ2n) is 5.84. The van der Waals surface area contributed by atoms with E-state index >= 15 is 0 Å².